The predicted molar refractivity (Wildman–Crippen MR) is 109 cm³/mol. The quantitative estimate of drug-likeness (QED) is 0.744. The standard InChI is InChI=1S/C22H40N2O3/c1-23(2)18-9-5-15(6-10-18)17-13-20(27-21(14-17)22(25)26)16-7-11-19(12-8-16)24(3)4/h15-21H,5-14H2,1-4H3,(H,25,26)/p+1. The van der Waals surface area contributed by atoms with Crippen LogP contribution in [0.25, 0.3) is 0 Å². The van der Waals surface area contributed by atoms with Gasteiger partial charge in [0.2, 0.25) is 0 Å². The van der Waals surface area contributed by atoms with Gasteiger partial charge in [-0.3, -0.25) is 0 Å². The molecule has 3 atom stereocenters. The van der Waals surface area contributed by atoms with Gasteiger partial charge in [-0.25, -0.2) is 4.79 Å². The van der Waals surface area contributed by atoms with Crippen molar-refractivity contribution in [2.45, 2.75) is 88.5 Å². The summed E-state index contributed by atoms with van der Waals surface area (Å²) >= 11 is 0. The van der Waals surface area contributed by atoms with Crippen LogP contribution in [0.2, 0.25) is 0 Å². The Balaban J connectivity index is 1.60. The Labute approximate surface area is 165 Å². The van der Waals surface area contributed by atoms with Gasteiger partial charge in [-0.15, -0.1) is 0 Å². The Morgan fingerprint density at radius 2 is 1.22 bits per heavy atom. The van der Waals surface area contributed by atoms with Crippen molar-refractivity contribution in [2.24, 2.45) is 17.8 Å². The molecule has 1 aliphatic heterocycles. The first-order valence-electron chi connectivity index (χ1n) is 11.1. The summed E-state index contributed by atoms with van der Waals surface area (Å²) in [5, 5.41) is 9.69. The molecule has 2 aliphatic carbocycles. The molecule has 0 aromatic rings. The summed E-state index contributed by atoms with van der Waals surface area (Å²) in [6, 6.07) is 1.40. The molecule has 0 radical (unpaired) electrons. The van der Waals surface area contributed by atoms with Gasteiger partial charge < -0.3 is 19.6 Å². The number of carbonyl (C=O) groups is 1. The highest BCUT2D eigenvalue weighted by molar-refractivity contribution is 5.72. The van der Waals surface area contributed by atoms with Crippen LogP contribution in [0.3, 0.4) is 0 Å². The zero-order chi connectivity index (χ0) is 19.6. The molecule has 3 aliphatic rings. The maximum absolute atomic E-state index is 11.8. The van der Waals surface area contributed by atoms with E-state index in [-0.39, 0.29) is 6.10 Å². The van der Waals surface area contributed by atoms with E-state index in [0.717, 1.165) is 12.8 Å². The van der Waals surface area contributed by atoms with Crippen molar-refractivity contribution >= 4 is 5.97 Å². The van der Waals surface area contributed by atoms with Crippen LogP contribution in [0, 0.1) is 17.8 Å². The molecule has 27 heavy (non-hydrogen) atoms. The Morgan fingerprint density at radius 3 is 1.67 bits per heavy atom. The number of hydrogen-bond acceptors (Lipinski definition) is 3. The summed E-state index contributed by atoms with van der Waals surface area (Å²) in [5.41, 5.74) is 0. The Bertz CT molecular complexity index is 444. The summed E-state index contributed by atoms with van der Waals surface area (Å²) in [7, 11) is 8.73. The molecule has 1 saturated heterocycles. The summed E-state index contributed by atoms with van der Waals surface area (Å²) in [6.45, 7) is 0. The van der Waals surface area contributed by atoms with E-state index in [1.807, 2.05) is 0 Å². The fraction of sp³-hybridized carbons (Fsp3) is 0.955. The zero-order valence-corrected chi connectivity index (χ0v) is 17.8. The average Bonchev–Trinajstić information content (AvgIpc) is 2.67. The lowest BCUT2D eigenvalue weighted by molar-refractivity contribution is -0.234. The number of nitrogens with zero attached hydrogens (tertiary/aromatic N) is 2. The predicted octanol–water partition coefficient (Wildman–Crippen LogP) is 2.99. The van der Waals surface area contributed by atoms with Crippen LogP contribution in [-0.4, -0.2) is 78.1 Å². The lowest BCUT2D eigenvalue weighted by Crippen LogP contribution is -2.48. The number of aliphatic hydroxyl groups is 2. The highest BCUT2D eigenvalue weighted by Gasteiger charge is 2.45. The summed E-state index contributed by atoms with van der Waals surface area (Å²) in [4.78, 5) is 16.5. The summed E-state index contributed by atoms with van der Waals surface area (Å²) < 4.78 is 4.84. The lowest BCUT2D eigenvalue weighted by atomic mass is 9.70. The zero-order valence-electron chi connectivity index (χ0n) is 17.8. The molecular formula is C22H41N2O3+. The van der Waals surface area contributed by atoms with Crippen molar-refractivity contribution in [1.29, 1.82) is 0 Å². The molecule has 2 saturated carbocycles. The van der Waals surface area contributed by atoms with E-state index in [1.54, 1.807) is 0 Å². The molecule has 156 valence electrons. The fourth-order valence-electron chi connectivity index (χ4n) is 6.00. The van der Waals surface area contributed by atoms with E-state index in [2.05, 4.69) is 38.0 Å². The van der Waals surface area contributed by atoms with E-state index in [0.29, 0.717) is 29.8 Å². The van der Waals surface area contributed by atoms with Crippen LogP contribution < -0.4 is 0 Å². The molecule has 5 heteroatoms. The Kier molecular flexibility index (Phi) is 7.20. The van der Waals surface area contributed by atoms with E-state index in [1.165, 1.54) is 51.4 Å². The van der Waals surface area contributed by atoms with Crippen molar-refractivity contribution in [1.82, 2.24) is 9.80 Å². The van der Waals surface area contributed by atoms with Crippen LogP contribution in [0.15, 0.2) is 0 Å². The lowest BCUT2D eigenvalue weighted by Gasteiger charge is -2.42. The molecule has 0 aromatic carbocycles. The molecule has 1 heterocycles. The minimum Gasteiger partial charge on any atom is -0.475 e. The Hall–Kier alpha value is -0.650. The van der Waals surface area contributed by atoms with Gasteiger partial charge in [0.25, 0.3) is 6.10 Å². The van der Waals surface area contributed by atoms with Crippen molar-refractivity contribution < 1.29 is 14.6 Å². The van der Waals surface area contributed by atoms with Crippen LogP contribution in [0.1, 0.15) is 64.2 Å². The first-order valence-corrected chi connectivity index (χ1v) is 11.1. The second kappa shape index (κ2) is 9.23. The van der Waals surface area contributed by atoms with Gasteiger partial charge in [-0.2, -0.15) is 0 Å². The monoisotopic (exact) mass is 381 g/mol. The van der Waals surface area contributed by atoms with E-state index in [4.69, 9.17) is 4.74 Å². The van der Waals surface area contributed by atoms with Crippen LogP contribution >= 0.6 is 0 Å². The minimum absolute atomic E-state index is 0.277. The smallest absolute Gasteiger partial charge is 0.384 e. The Morgan fingerprint density at radius 1 is 0.741 bits per heavy atom. The first kappa shape index (κ1) is 21.1. The molecule has 0 amide bonds. The molecule has 2 N–H and O–H groups in total. The van der Waals surface area contributed by atoms with Gasteiger partial charge in [-0.1, -0.05) is 0 Å². The normalized spacial score (nSPS) is 41.0. The molecule has 5 nitrogen and oxygen atoms in total. The molecule has 3 unspecified atom stereocenters. The maximum atomic E-state index is 11.8. The van der Waals surface area contributed by atoms with Gasteiger partial charge in [0.1, 0.15) is 0 Å². The SMILES string of the molecule is CN(C)C1CCC(C2CC(C(=O)O)[OH+]C(C3CCC(N(C)C)CC3)C2)CC1. The molecule has 3 rings (SSSR count). The summed E-state index contributed by atoms with van der Waals surface area (Å²) in [5.74, 6) is 1.17. The minimum atomic E-state index is -0.700. The van der Waals surface area contributed by atoms with Crippen LogP contribution in [-0.2, 0) is 4.79 Å². The highest BCUT2D eigenvalue weighted by Crippen LogP contribution is 2.42. The fourth-order valence-corrected chi connectivity index (χ4v) is 6.00. The molecular weight excluding hydrogens is 340 g/mol. The first-order chi connectivity index (χ1) is 12.8. The molecule has 0 bridgehead atoms. The second-order valence-electron chi connectivity index (χ2n) is 9.87. The molecule has 0 aromatic heterocycles. The van der Waals surface area contributed by atoms with Crippen molar-refractivity contribution in [3.8, 4) is 0 Å². The van der Waals surface area contributed by atoms with E-state index >= 15 is 0 Å². The number of hydrogen-bond donors (Lipinski definition) is 1. The number of carboxylic acid groups (broad SMARTS) is 1. The summed E-state index contributed by atoms with van der Waals surface area (Å²) in [6.07, 6.45) is 11.7. The molecule has 3 fully saturated rings. The number of aliphatic carboxylic acids is 1. The van der Waals surface area contributed by atoms with Gasteiger partial charge in [0, 0.05) is 30.8 Å². The van der Waals surface area contributed by atoms with Gasteiger partial charge in [-0.05, 0) is 91.4 Å². The van der Waals surface area contributed by atoms with Crippen LogP contribution in [0.4, 0.5) is 0 Å². The van der Waals surface area contributed by atoms with E-state index < -0.39 is 12.1 Å². The van der Waals surface area contributed by atoms with Gasteiger partial charge in [0.05, 0.1) is 0 Å². The third-order valence-corrected chi connectivity index (χ3v) is 7.88. The molecule has 0 spiro atoms. The van der Waals surface area contributed by atoms with E-state index in [9.17, 15) is 9.90 Å². The van der Waals surface area contributed by atoms with Crippen molar-refractivity contribution in [3.05, 3.63) is 0 Å². The highest BCUT2D eigenvalue weighted by atomic mass is 16.5. The average molecular weight is 382 g/mol. The third kappa shape index (κ3) is 5.24. The number of rotatable bonds is 5. The van der Waals surface area contributed by atoms with Crippen molar-refractivity contribution in [2.75, 3.05) is 28.2 Å². The third-order valence-electron chi connectivity index (χ3n) is 7.88. The second-order valence-corrected chi connectivity index (χ2v) is 9.87. The van der Waals surface area contributed by atoms with Gasteiger partial charge >= 0.3 is 5.97 Å². The number of carboxylic acids is 1. The van der Waals surface area contributed by atoms with Crippen LogP contribution in [0.5, 0.6) is 0 Å². The van der Waals surface area contributed by atoms with Gasteiger partial charge in [0.15, 0.2) is 6.10 Å². The topological polar surface area (TPSA) is 56.6 Å². The van der Waals surface area contributed by atoms with Crippen molar-refractivity contribution in [3.63, 3.8) is 0 Å². The number of ether oxygens (including phenoxy) is 1. The maximum Gasteiger partial charge on any atom is 0.384 e. The largest absolute Gasteiger partial charge is 0.475 e.